The fourth-order valence-corrected chi connectivity index (χ4v) is 1.49. The van der Waals surface area contributed by atoms with Gasteiger partial charge in [0.2, 0.25) is 0 Å². The number of halogens is 2. The normalized spacial score (nSPS) is 10.5. The molecule has 78 valence electrons. The van der Waals surface area contributed by atoms with Crippen molar-refractivity contribution in [3.63, 3.8) is 0 Å². The number of methoxy groups -OCH3 is 1. The van der Waals surface area contributed by atoms with E-state index in [0.29, 0.717) is 17.6 Å². The highest BCUT2D eigenvalue weighted by Gasteiger charge is 2.03. The lowest BCUT2D eigenvalue weighted by atomic mass is 10.2. The van der Waals surface area contributed by atoms with Gasteiger partial charge in [-0.05, 0) is 27.6 Å². The van der Waals surface area contributed by atoms with Crippen molar-refractivity contribution in [2.45, 2.75) is 6.54 Å². The van der Waals surface area contributed by atoms with E-state index in [2.05, 4.69) is 21.2 Å². The molecule has 0 aromatic heterocycles. The maximum Gasteiger partial charge on any atom is 0.137 e. The van der Waals surface area contributed by atoms with E-state index in [1.165, 1.54) is 6.07 Å². The lowest BCUT2D eigenvalue weighted by Crippen LogP contribution is -2.18. The SMILES string of the molecule is COCCNCc1cccc(F)c1Br. The van der Waals surface area contributed by atoms with E-state index >= 15 is 0 Å². The minimum Gasteiger partial charge on any atom is -0.383 e. The summed E-state index contributed by atoms with van der Waals surface area (Å²) in [6, 6.07) is 5.02. The zero-order chi connectivity index (χ0) is 10.4. The molecule has 0 radical (unpaired) electrons. The van der Waals surface area contributed by atoms with E-state index in [9.17, 15) is 4.39 Å². The first-order chi connectivity index (χ1) is 6.75. The third-order valence-electron chi connectivity index (χ3n) is 1.83. The van der Waals surface area contributed by atoms with Crippen LogP contribution in [0.15, 0.2) is 22.7 Å². The summed E-state index contributed by atoms with van der Waals surface area (Å²) < 4.78 is 18.5. The molecule has 14 heavy (non-hydrogen) atoms. The van der Waals surface area contributed by atoms with E-state index < -0.39 is 0 Å². The summed E-state index contributed by atoms with van der Waals surface area (Å²) in [5, 5.41) is 3.15. The van der Waals surface area contributed by atoms with E-state index in [0.717, 1.165) is 12.1 Å². The zero-order valence-corrected chi connectivity index (χ0v) is 9.60. The summed E-state index contributed by atoms with van der Waals surface area (Å²) >= 11 is 3.20. The Kier molecular flexibility index (Phi) is 5.07. The second-order valence-corrected chi connectivity index (χ2v) is 3.68. The van der Waals surface area contributed by atoms with E-state index in [-0.39, 0.29) is 5.82 Å². The Morgan fingerprint density at radius 2 is 2.29 bits per heavy atom. The monoisotopic (exact) mass is 261 g/mol. The zero-order valence-electron chi connectivity index (χ0n) is 8.02. The van der Waals surface area contributed by atoms with Crippen molar-refractivity contribution in [2.75, 3.05) is 20.3 Å². The van der Waals surface area contributed by atoms with Crippen molar-refractivity contribution < 1.29 is 9.13 Å². The van der Waals surface area contributed by atoms with Gasteiger partial charge in [0.15, 0.2) is 0 Å². The number of nitrogens with one attached hydrogen (secondary N) is 1. The minimum atomic E-state index is -0.226. The molecule has 0 aliphatic heterocycles. The van der Waals surface area contributed by atoms with Gasteiger partial charge in [-0.2, -0.15) is 0 Å². The van der Waals surface area contributed by atoms with Crippen molar-refractivity contribution in [3.8, 4) is 0 Å². The molecule has 1 aromatic rings. The van der Waals surface area contributed by atoms with Crippen LogP contribution >= 0.6 is 15.9 Å². The summed E-state index contributed by atoms with van der Waals surface area (Å²) in [5.74, 6) is -0.226. The fourth-order valence-electron chi connectivity index (χ4n) is 1.08. The van der Waals surface area contributed by atoms with Gasteiger partial charge in [0.1, 0.15) is 5.82 Å². The Morgan fingerprint density at radius 3 is 3.00 bits per heavy atom. The van der Waals surface area contributed by atoms with Gasteiger partial charge in [0, 0.05) is 20.2 Å². The van der Waals surface area contributed by atoms with Crippen LogP contribution in [0.25, 0.3) is 0 Å². The molecule has 0 saturated carbocycles. The van der Waals surface area contributed by atoms with Gasteiger partial charge in [0.05, 0.1) is 11.1 Å². The first-order valence-corrected chi connectivity index (χ1v) is 5.17. The van der Waals surface area contributed by atoms with Crippen LogP contribution in [-0.4, -0.2) is 20.3 Å². The van der Waals surface area contributed by atoms with E-state index in [4.69, 9.17) is 4.74 Å². The second-order valence-electron chi connectivity index (χ2n) is 2.88. The van der Waals surface area contributed by atoms with Gasteiger partial charge in [-0.1, -0.05) is 12.1 Å². The molecule has 0 unspecified atom stereocenters. The Labute approximate surface area is 91.6 Å². The molecule has 1 aromatic carbocycles. The highest BCUT2D eigenvalue weighted by molar-refractivity contribution is 9.10. The molecule has 0 aliphatic carbocycles. The Balaban J connectivity index is 2.46. The van der Waals surface area contributed by atoms with Crippen molar-refractivity contribution in [1.82, 2.24) is 5.32 Å². The summed E-state index contributed by atoms with van der Waals surface area (Å²) in [5.41, 5.74) is 0.918. The molecular weight excluding hydrogens is 249 g/mol. The van der Waals surface area contributed by atoms with Gasteiger partial charge in [0.25, 0.3) is 0 Å². The average Bonchev–Trinajstić information content (AvgIpc) is 2.19. The smallest absolute Gasteiger partial charge is 0.137 e. The van der Waals surface area contributed by atoms with Crippen LogP contribution in [0, 0.1) is 5.82 Å². The van der Waals surface area contributed by atoms with Crippen LogP contribution in [-0.2, 0) is 11.3 Å². The maximum absolute atomic E-state index is 13.1. The Bertz CT molecular complexity index is 293. The second kappa shape index (κ2) is 6.11. The Hall–Kier alpha value is -0.450. The maximum atomic E-state index is 13.1. The van der Waals surface area contributed by atoms with Crippen LogP contribution in [0.1, 0.15) is 5.56 Å². The predicted molar refractivity (Wildman–Crippen MR) is 57.7 cm³/mol. The molecule has 0 atom stereocenters. The van der Waals surface area contributed by atoms with Crippen LogP contribution in [0.2, 0.25) is 0 Å². The average molecular weight is 262 g/mol. The summed E-state index contributed by atoms with van der Waals surface area (Å²) in [6.07, 6.45) is 0. The summed E-state index contributed by atoms with van der Waals surface area (Å²) in [6.45, 7) is 2.06. The van der Waals surface area contributed by atoms with Crippen molar-refractivity contribution in [2.24, 2.45) is 0 Å². The number of rotatable bonds is 5. The first kappa shape index (κ1) is 11.6. The van der Waals surface area contributed by atoms with Crippen LogP contribution in [0.5, 0.6) is 0 Å². The van der Waals surface area contributed by atoms with E-state index in [1.807, 2.05) is 6.07 Å². The molecular formula is C10H13BrFNO. The molecule has 2 nitrogen and oxygen atoms in total. The molecule has 0 bridgehead atoms. The quantitative estimate of drug-likeness (QED) is 0.822. The molecule has 1 rings (SSSR count). The van der Waals surface area contributed by atoms with Gasteiger partial charge in [-0.25, -0.2) is 4.39 Å². The third-order valence-corrected chi connectivity index (χ3v) is 2.72. The van der Waals surface area contributed by atoms with E-state index in [1.54, 1.807) is 13.2 Å². The van der Waals surface area contributed by atoms with Gasteiger partial charge >= 0.3 is 0 Å². The Morgan fingerprint density at radius 1 is 1.50 bits per heavy atom. The lowest BCUT2D eigenvalue weighted by molar-refractivity contribution is 0.199. The highest BCUT2D eigenvalue weighted by Crippen LogP contribution is 2.19. The highest BCUT2D eigenvalue weighted by atomic mass is 79.9. The van der Waals surface area contributed by atoms with Crippen molar-refractivity contribution in [1.29, 1.82) is 0 Å². The van der Waals surface area contributed by atoms with Gasteiger partial charge < -0.3 is 10.1 Å². The van der Waals surface area contributed by atoms with Crippen LogP contribution < -0.4 is 5.32 Å². The van der Waals surface area contributed by atoms with Gasteiger partial charge in [-0.15, -0.1) is 0 Å². The molecule has 4 heteroatoms. The largest absolute Gasteiger partial charge is 0.383 e. The molecule has 1 N–H and O–H groups in total. The van der Waals surface area contributed by atoms with Crippen LogP contribution in [0.3, 0.4) is 0 Å². The van der Waals surface area contributed by atoms with Crippen molar-refractivity contribution in [3.05, 3.63) is 34.1 Å². The number of ether oxygens (including phenoxy) is 1. The number of benzene rings is 1. The molecule has 0 amide bonds. The summed E-state index contributed by atoms with van der Waals surface area (Å²) in [7, 11) is 1.65. The van der Waals surface area contributed by atoms with Crippen LogP contribution in [0.4, 0.5) is 4.39 Å². The molecule has 0 spiro atoms. The summed E-state index contributed by atoms with van der Waals surface area (Å²) in [4.78, 5) is 0. The lowest BCUT2D eigenvalue weighted by Gasteiger charge is -2.06. The standard InChI is InChI=1S/C10H13BrFNO/c1-14-6-5-13-7-8-3-2-4-9(12)10(8)11/h2-4,13H,5-7H2,1H3. The number of hydrogen-bond acceptors (Lipinski definition) is 2. The fraction of sp³-hybridized carbons (Fsp3) is 0.400. The molecule has 0 saturated heterocycles. The molecule has 0 aliphatic rings. The topological polar surface area (TPSA) is 21.3 Å². The predicted octanol–water partition coefficient (Wildman–Crippen LogP) is 2.32. The third kappa shape index (κ3) is 3.36. The van der Waals surface area contributed by atoms with Crippen molar-refractivity contribution >= 4 is 15.9 Å². The first-order valence-electron chi connectivity index (χ1n) is 4.38. The van der Waals surface area contributed by atoms with Gasteiger partial charge in [-0.3, -0.25) is 0 Å². The minimum absolute atomic E-state index is 0.226. The molecule has 0 heterocycles. The number of hydrogen-bond donors (Lipinski definition) is 1. The molecule has 0 fully saturated rings.